The van der Waals surface area contributed by atoms with Crippen LogP contribution in [0.3, 0.4) is 0 Å². The van der Waals surface area contributed by atoms with E-state index in [4.69, 9.17) is 0 Å². The Morgan fingerprint density at radius 1 is 1.06 bits per heavy atom. The zero-order valence-electron chi connectivity index (χ0n) is 9.91. The molecule has 0 atom stereocenters. The van der Waals surface area contributed by atoms with Gasteiger partial charge in [-0.15, -0.1) is 0 Å². The molecule has 2 aromatic rings. The smallest absolute Gasteiger partial charge is 0.150 e. The molecule has 0 spiro atoms. The molecule has 0 saturated heterocycles. The maximum Gasteiger partial charge on any atom is 0.150 e. The van der Waals surface area contributed by atoms with Gasteiger partial charge >= 0.3 is 0 Å². The standard InChI is InChI=1S/C16H13NO/c18-12-13-8-9-14-5-4-10-17(16(14)11-13)15-6-2-1-3-7-15/h1-9,11-12H,10H2. The number of aldehydes is 1. The van der Waals surface area contributed by atoms with Gasteiger partial charge in [0.1, 0.15) is 6.29 Å². The number of carbonyl (C=O) groups is 1. The summed E-state index contributed by atoms with van der Waals surface area (Å²) in [6, 6.07) is 16.0. The highest BCUT2D eigenvalue weighted by molar-refractivity contribution is 5.84. The molecule has 3 rings (SSSR count). The Morgan fingerprint density at radius 3 is 2.67 bits per heavy atom. The largest absolute Gasteiger partial charge is 0.337 e. The molecule has 2 nitrogen and oxygen atoms in total. The van der Waals surface area contributed by atoms with Crippen LogP contribution in [-0.2, 0) is 0 Å². The molecule has 2 heteroatoms. The van der Waals surface area contributed by atoms with Crippen LogP contribution in [-0.4, -0.2) is 12.8 Å². The van der Waals surface area contributed by atoms with Crippen LogP contribution in [0.1, 0.15) is 15.9 Å². The third-order valence-corrected chi connectivity index (χ3v) is 3.13. The number of anilines is 2. The summed E-state index contributed by atoms with van der Waals surface area (Å²) in [5, 5.41) is 0. The Kier molecular flexibility index (Phi) is 2.69. The molecule has 1 aliphatic rings. The Labute approximate surface area is 106 Å². The van der Waals surface area contributed by atoms with Crippen molar-refractivity contribution >= 4 is 23.7 Å². The van der Waals surface area contributed by atoms with Gasteiger partial charge in [-0.25, -0.2) is 0 Å². The fourth-order valence-corrected chi connectivity index (χ4v) is 2.24. The summed E-state index contributed by atoms with van der Waals surface area (Å²) in [4.78, 5) is 13.1. The highest BCUT2D eigenvalue weighted by Crippen LogP contribution is 2.32. The lowest BCUT2D eigenvalue weighted by Crippen LogP contribution is -2.20. The van der Waals surface area contributed by atoms with Gasteiger partial charge < -0.3 is 4.90 Å². The Hall–Kier alpha value is -2.35. The first-order chi connectivity index (χ1) is 8.88. The summed E-state index contributed by atoms with van der Waals surface area (Å²) in [7, 11) is 0. The zero-order valence-corrected chi connectivity index (χ0v) is 9.91. The molecular formula is C16H13NO. The van der Waals surface area contributed by atoms with Gasteiger partial charge in [0, 0.05) is 23.5 Å². The molecule has 0 radical (unpaired) electrons. The number of nitrogens with zero attached hydrogens (tertiary/aromatic N) is 1. The van der Waals surface area contributed by atoms with Crippen molar-refractivity contribution in [1.29, 1.82) is 0 Å². The zero-order chi connectivity index (χ0) is 12.4. The summed E-state index contributed by atoms with van der Waals surface area (Å²) >= 11 is 0. The minimum absolute atomic E-state index is 0.713. The topological polar surface area (TPSA) is 20.3 Å². The molecule has 2 aromatic carbocycles. The van der Waals surface area contributed by atoms with Crippen LogP contribution < -0.4 is 4.90 Å². The van der Waals surface area contributed by atoms with Crippen molar-refractivity contribution in [3.05, 3.63) is 65.7 Å². The highest BCUT2D eigenvalue weighted by Gasteiger charge is 2.14. The van der Waals surface area contributed by atoms with Crippen molar-refractivity contribution in [3.8, 4) is 0 Å². The van der Waals surface area contributed by atoms with Crippen LogP contribution >= 0.6 is 0 Å². The number of benzene rings is 2. The van der Waals surface area contributed by atoms with Crippen LogP contribution in [0.15, 0.2) is 54.6 Å². The van der Waals surface area contributed by atoms with Crippen LogP contribution in [0, 0.1) is 0 Å². The lowest BCUT2D eigenvalue weighted by molar-refractivity contribution is 0.112. The van der Waals surface area contributed by atoms with Gasteiger partial charge in [0.25, 0.3) is 0 Å². The van der Waals surface area contributed by atoms with Crippen molar-refractivity contribution in [3.63, 3.8) is 0 Å². The summed E-state index contributed by atoms with van der Waals surface area (Å²) in [5.74, 6) is 0. The van der Waals surface area contributed by atoms with Crippen LogP contribution in [0.5, 0.6) is 0 Å². The van der Waals surface area contributed by atoms with E-state index >= 15 is 0 Å². The van der Waals surface area contributed by atoms with E-state index in [1.807, 2.05) is 36.4 Å². The fraction of sp³-hybridized carbons (Fsp3) is 0.0625. The van der Waals surface area contributed by atoms with Crippen molar-refractivity contribution in [1.82, 2.24) is 0 Å². The number of rotatable bonds is 2. The third-order valence-electron chi connectivity index (χ3n) is 3.13. The number of carbonyl (C=O) groups excluding carboxylic acids is 1. The van der Waals surface area contributed by atoms with Crippen molar-refractivity contribution in [2.45, 2.75) is 0 Å². The predicted octanol–water partition coefficient (Wildman–Crippen LogP) is 3.66. The Morgan fingerprint density at radius 2 is 1.89 bits per heavy atom. The van der Waals surface area contributed by atoms with Gasteiger partial charge in [0.2, 0.25) is 0 Å². The second-order valence-electron chi connectivity index (χ2n) is 4.28. The SMILES string of the molecule is O=Cc1ccc2c(c1)N(c1ccccc1)CC=C2. The lowest BCUT2D eigenvalue weighted by Gasteiger charge is -2.28. The first kappa shape index (κ1) is 10.8. The molecular weight excluding hydrogens is 222 g/mol. The molecule has 0 saturated carbocycles. The molecule has 0 amide bonds. The molecule has 88 valence electrons. The summed E-state index contributed by atoms with van der Waals surface area (Å²) in [6.07, 6.45) is 5.13. The van der Waals surface area contributed by atoms with Crippen LogP contribution in [0.25, 0.3) is 6.08 Å². The van der Waals surface area contributed by atoms with Crippen molar-refractivity contribution in [2.75, 3.05) is 11.4 Å². The quantitative estimate of drug-likeness (QED) is 0.740. The molecule has 0 aromatic heterocycles. The molecule has 0 N–H and O–H groups in total. The van der Waals surface area contributed by atoms with Gasteiger partial charge in [-0.3, -0.25) is 4.79 Å². The third kappa shape index (κ3) is 1.82. The van der Waals surface area contributed by atoms with Gasteiger partial charge in [0.05, 0.1) is 0 Å². The monoisotopic (exact) mass is 235 g/mol. The highest BCUT2D eigenvalue weighted by atomic mass is 16.1. The van der Waals surface area contributed by atoms with Crippen LogP contribution in [0.4, 0.5) is 11.4 Å². The van der Waals surface area contributed by atoms with E-state index < -0.39 is 0 Å². The average molecular weight is 235 g/mol. The van der Waals surface area contributed by atoms with E-state index in [1.165, 1.54) is 0 Å². The normalized spacial score (nSPS) is 13.2. The number of fused-ring (bicyclic) bond motifs is 1. The number of para-hydroxylation sites is 1. The minimum Gasteiger partial charge on any atom is -0.337 e. The van der Waals surface area contributed by atoms with E-state index in [0.29, 0.717) is 5.56 Å². The number of hydrogen-bond acceptors (Lipinski definition) is 2. The average Bonchev–Trinajstić information content (AvgIpc) is 2.47. The molecule has 0 bridgehead atoms. The Balaban J connectivity index is 2.11. The molecule has 0 unspecified atom stereocenters. The van der Waals surface area contributed by atoms with E-state index in [0.717, 1.165) is 29.8 Å². The molecule has 18 heavy (non-hydrogen) atoms. The fourth-order valence-electron chi connectivity index (χ4n) is 2.24. The lowest BCUT2D eigenvalue weighted by atomic mass is 10.0. The van der Waals surface area contributed by atoms with Gasteiger partial charge in [-0.05, 0) is 23.8 Å². The van der Waals surface area contributed by atoms with Gasteiger partial charge in [-0.2, -0.15) is 0 Å². The first-order valence-electron chi connectivity index (χ1n) is 5.97. The second-order valence-corrected chi connectivity index (χ2v) is 4.28. The summed E-state index contributed by atoms with van der Waals surface area (Å²) in [5.41, 5.74) is 4.10. The molecule has 1 aliphatic heterocycles. The van der Waals surface area contributed by atoms with E-state index in [1.54, 1.807) is 0 Å². The maximum absolute atomic E-state index is 10.9. The van der Waals surface area contributed by atoms with Crippen molar-refractivity contribution in [2.24, 2.45) is 0 Å². The predicted molar refractivity (Wildman–Crippen MR) is 74.3 cm³/mol. The van der Waals surface area contributed by atoms with E-state index in [-0.39, 0.29) is 0 Å². The second kappa shape index (κ2) is 4.49. The van der Waals surface area contributed by atoms with Gasteiger partial charge in [-0.1, -0.05) is 42.5 Å². The van der Waals surface area contributed by atoms with E-state index in [2.05, 4.69) is 29.2 Å². The maximum atomic E-state index is 10.9. The summed E-state index contributed by atoms with van der Waals surface area (Å²) in [6.45, 7) is 0.833. The van der Waals surface area contributed by atoms with Crippen molar-refractivity contribution < 1.29 is 4.79 Å². The minimum atomic E-state index is 0.713. The molecule has 1 heterocycles. The van der Waals surface area contributed by atoms with Crippen LogP contribution in [0.2, 0.25) is 0 Å². The summed E-state index contributed by atoms with van der Waals surface area (Å²) < 4.78 is 0. The molecule has 0 fully saturated rings. The van der Waals surface area contributed by atoms with Gasteiger partial charge in [0.15, 0.2) is 0 Å². The number of hydrogen-bond donors (Lipinski definition) is 0. The Bertz CT molecular complexity index is 602. The van der Waals surface area contributed by atoms with E-state index in [9.17, 15) is 4.79 Å². The molecule has 0 aliphatic carbocycles. The first-order valence-corrected chi connectivity index (χ1v) is 5.97.